The highest BCUT2D eigenvalue weighted by molar-refractivity contribution is 6.31. The van der Waals surface area contributed by atoms with E-state index in [-0.39, 0.29) is 10.6 Å². The first-order valence-corrected chi connectivity index (χ1v) is 7.35. The maximum Gasteiger partial charge on any atom is 0.338 e. The molecule has 0 saturated carbocycles. The van der Waals surface area contributed by atoms with Crippen LogP contribution in [0.5, 0.6) is 5.75 Å². The Kier molecular flexibility index (Phi) is 5.76. The Morgan fingerprint density at radius 2 is 1.96 bits per heavy atom. The highest BCUT2D eigenvalue weighted by Gasteiger charge is 2.13. The molecule has 0 aliphatic carbocycles. The average molecular weight is 352 g/mol. The third-order valence-electron chi connectivity index (χ3n) is 3.12. The van der Waals surface area contributed by atoms with E-state index >= 15 is 0 Å². The maximum absolute atomic E-state index is 13.1. The fraction of sp³-hybridized carbons (Fsp3) is 0.176. The second-order valence-corrected chi connectivity index (χ2v) is 5.36. The van der Waals surface area contributed by atoms with Crippen molar-refractivity contribution in [1.29, 1.82) is 0 Å². The number of halogens is 2. The molecule has 2 aromatic rings. The molecular formula is C17H15ClFNO4. The van der Waals surface area contributed by atoms with Crippen LogP contribution in [0, 0.1) is 12.7 Å². The lowest BCUT2D eigenvalue weighted by Gasteiger charge is -2.11. The van der Waals surface area contributed by atoms with Gasteiger partial charge in [-0.1, -0.05) is 17.7 Å². The third kappa shape index (κ3) is 4.45. The van der Waals surface area contributed by atoms with Gasteiger partial charge in [-0.2, -0.15) is 0 Å². The zero-order valence-electron chi connectivity index (χ0n) is 13.1. The van der Waals surface area contributed by atoms with Gasteiger partial charge < -0.3 is 14.8 Å². The standard InChI is InChI=1S/C17H15ClFNO4/c1-10-3-6-15(23-2)14(7-10)20-16(21)9-24-17(22)11-4-5-13(19)12(18)8-11/h3-8H,9H2,1-2H3,(H,20,21). The maximum atomic E-state index is 13.1. The van der Waals surface area contributed by atoms with Gasteiger partial charge in [0.25, 0.3) is 5.91 Å². The Morgan fingerprint density at radius 1 is 1.21 bits per heavy atom. The average Bonchev–Trinajstić information content (AvgIpc) is 2.55. The second kappa shape index (κ2) is 7.79. The molecule has 0 radical (unpaired) electrons. The lowest BCUT2D eigenvalue weighted by Crippen LogP contribution is -2.21. The van der Waals surface area contributed by atoms with Crippen LogP contribution in [0.2, 0.25) is 5.02 Å². The van der Waals surface area contributed by atoms with Gasteiger partial charge in [-0.25, -0.2) is 9.18 Å². The van der Waals surface area contributed by atoms with E-state index in [0.717, 1.165) is 17.7 Å². The Morgan fingerprint density at radius 3 is 2.62 bits per heavy atom. The number of amides is 1. The summed E-state index contributed by atoms with van der Waals surface area (Å²) < 4.78 is 23.1. The van der Waals surface area contributed by atoms with E-state index < -0.39 is 24.3 Å². The number of nitrogens with one attached hydrogen (secondary N) is 1. The Hall–Kier alpha value is -2.60. The number of carbonyl (C=O) groups excluding carboxylic acids is 2. The largest absolute Gasteiger partial charge is 0.495 e. The number of aryl methyl sites for hydroxylation is 1. The van der Waals surface area contributed by atoms with Crippen LogP contribution in [0.15, 0.2) is 36.4 Å². The molecular weight excluding hydrogens is 337 g/mol. The fourth-order valence-electron chi connectivity index (χ4n) is 1.94. The molecule has 0 aliphatic heterocycles. The van der Waals surface area contributed by atoms with Gasteiger partial charge in [0.2, 0.25) is 0 Å². The first-order chi connectivity index (χ1) is 11.4. The highest BCUT2D eigenvalue weighted by Crippen LogP contribution is 2.25. The summed E-state index contributed by atoms with van der Waals surface area (Å²) in [5, 5.41) is 2.41. The minimum Gasteiger partial charge on any atom is -0.495 e. The van der Waals surface area contributed by atoms with Crippen LogP contribution in [-0.4, -0.2) is 25.6 Å². The molecule has 0 aliphatic rings. The first-order valence-electron chi connectivity index (χ1n) is 6.97. The summed E-state index contributed by atoms with van der Waals surface area (Å²) in [4.78, 5) is 23.8. The van der Waals surface area contributed by atoms with E-state index in [0.29, 0.717) is 11.4 Å². The SMILES string of the molecule is COc1ccc(C)cc1NC(=O)COC(=O)c1ccc(F)c(Cl)c1. The molecule has 7 heteroatoms. The number of rotatable bonds is 5. The van der Waals surface area contributed by atoms with Gasteiger partial charge in [0.1, 0.15) is 11.6 Å². The molecule has 0 unspecified atom stereocenters. The summed E-state index contributed by atoms with van der Waals surface area (Å²) >= 11 is 5.60. The number of ether oxygens (including phenoxy) is 2. The van der Waals surface area contributed by atoms with E-state index in [9.17, 15) is 14.0 Å². The van der Waals surface area contributed by atoms with Crippen LogP contribution >= 0.6 is 11.6 Å². The minimum atomic E-state index is -0.775. The van der Waals surface area contributed by atoms with Crippen molar-refractivity contribution in [3.05, 3.63) is 58.4 Å². The molecule has 0 fully saturated rings. The van der Waals surface area contributed by atoms with Crippen molar-refractivity contribution in [2.24, 2.45) is 0 Å². The topological polar surface area (TPSA) is 64.6 Å². The Balaban J connectivity index is 1.97. The van der Waals surface area contributed by atoms with Gasteiger partial charge in [0, 0.05) is 0 Å². The van der Waals surface area contributed by atoms with Crippen molar-refractivity contribution in [2.75, 3.05) is 19.0 Å². The van der Waals surface area contributed by atoms with E-state index in [4.69, 9.17) is 21.1 Å². The quantitative estimate of drug-likeness (QED) is 0.836. The Bertz CT molecular complexity index is 779. The van der Waals surface area contributed by atoms with Crippen molar-refractivity contribution in [3.63, 3.8) is 0 Å². The fourth-order valence-corrected chi connectivity index (χ4v) is 2.12. The molecule has 0 spiro atoms. The second-order valence-electron chi connectivity index (χ2n) is 4.96. The van der Waals surface area contributed by atoms with Crippen molar-refractivity contribution in [3.8, 4) is 5.75 Å². The predicted molar refractivity (Wildman–Crippen MR) is 88.1 cm³/mol. The van der Waals surface area contributed by atoms with Gasteiger partial charge in [-0.05, 0) is 42.8 Å². The monoisotopic (exact) mass is 351 g/mol. The van der Waals surface area contributed by atoms with Crippen molar-refractivity contribution in [2.45, 2.75) is 6.92 Å². The molecule has 126 valence electrons. The van der Waals surface area contributed by atoms with Gasteiger partial charge >= 0.3 is 5.97 Å². The number of methoxy groups -OCH3 is 1. The summed E-state index contributed by atoms with van der Waals surface area (Å²) in [7, 11) is 1.48. The number of anilines is 1. The lowest BCUT2D eigenvalue weighted by molar-refractivity contribution is -0.119. The molecule has 0 aromatic heterocycles. The zero-order chi connectivity index (χ0) is 17.7. The zero-order valence-corrected chi connectivity index (χ0v) is 13.8. The molecule has 1 amide bonds. The van der Waals surface area contributed by atoms with E-state index in [2.05, 4.69) is 5.32 Å². The summed E-state index contributed by atoms with van der Waals surface area (Å²) in [5.41, 5.74) is 1.47. The predicted octanol–water partition coefficient (Wildman–Crippen LogP) is 3.59. The van der Waals surface area contributed by atoms with Crippen LogP contribution in [0.1, 0.15) is 15.9 Å². The highest BCUT2D eigenvalue weighted by atomic mass is 35.5. The van der Waals surface area contributed by atoms with Crippen LogP contribution in [-0.2, 0) is 9.53 Å². The van der Waals surface area contributed by atoms with E-state index in [1.165, 1.54) is 13.2 Å². The van der Waals surface area contributed by atoms with Crippen molar-refractivity contribution >= 4 is 29.2 Å². The molecule has 1 N–H and O–H groups in total. The first kappa shape index (κ1) is 17.7. The van der Waals surface area contributed by atoms with Gasteiger partial charge in [-0.3, -0.25) is 4.79 Å². The van der Waals surface area contributed by atoms with E-state index in [1.807, 2.05) is 13.0 Å². The number of benzene rings is 2. The number of carbonyl (C=O) groups is 2. The van der Waals surface area contributed by atoms with Crippen LogP contribution < -0.4 is 10.1 Å². The minimum absolute atomic E-state index is 0.0577. The third-order valence-corrected chi connectivity index (χ3v) is 3.41. The lowest BCUT2D eigenvalue weighted by atomic mass is 10.2. The van der Waals surface area contributed by atoms with Gasteiger partial charge in [0.05, 0.1) is 23.4 Å². The van der Waals surface area contributed by atoms with Crippen molar-refractivity contribution in [1.82, 2.24) is 0 Å². The molecule has 0 atom stereocenters. The molecule has 24 heavy (non-hydrogen) atoms. The van der Waals surface area contributed by atoms with Crippen LogP contribution in [0.4, 0.5) is 10.1 Å². The number of hydrogen-bond acceptors (Lipinski definition) is 4. The van der Waals surface area contributed by atoms with Crippen molar-refractivity contribution < 1.29 is 23.5 Å². The normalized spacial score (nSPS) is 10.2. The summed E-state index contributed by atoms with van der Waals surface area (Å²) in [6, 6.07) is 8.71. The van der Waals surface area contributed by atoms with E-state index in [1.54, 1.807) is 12.1 Å². The molecule has 0 saturated heterocycles. The van der Waals surface area contributed by atoms with Crippen LogP contribution in [0.25, 0.3) is 0 Å². The Labute approximate surface area is 143 Å². The molecule has 0 heterocycles. The summed E-state index contributed by atoms with van der Waals surface area (Å²) in [5.74, 6) is -1.45. The molecule has 2 aromatic carbocycles. The van der Waals surface area contributed by atoms with Gasteiger partial charge in [-0.15, -0.1) is 0 Å². The molecule has 2 rings (SSSR count). The molecule has 0 bridgehead atoms. The smallest absolute Gasteiger partial charge is 0.338 e. The number of hydrogen-bond donors (Lipinski definition) is 1. The summed E-state index contributed by atoms with van der Waals surface area (Å²) in [6.45, 7) is 1.37. The van der Waals surface area contributed by atoms with Crippen LogP contribution in [0.3, 0.4) is 0 Å². The molecule has 5 nitrogen and oxygen atoms in total. The van der Waals surface area contributed by atoms with Gasteiger partial charge in [0.15, 0.2) is 6.61 Å². The summed E-state index contributed by atoms with van der Waals surface area (Å²) in [6.07, 6.45) is 0. The number of esters is 1.